The van der Waals surface area contributed by atoms with Gasteiger partial charge in [0.1, 0.15) is 11.5 Å². The summed E-state index contributed by atoms with van der Waals surface area (Å²) in [5.41, 5.74) is 1.13. The average molecular weight is 308 g/mol. The van der Waals surface area contributed by atoms with Crippen molar-refractivity contribution < 1.29 is 18.6 Å². The Balaban J connectivity index is 2.25. The van der Waals surface area contributed by atoms with Crippen LogP contribution in [0.25, 0.3) is 0 Å². The van der Waals surface area contributed by atoms with E-state index in [2.05, 4.69) is 5.32 Å². The standard InChI is InChI=1S/C14H16N2O4S/c1-9(13-6-5-11(17)8-14(13)18)16-10-3-2-4-12(7-10)21(15,19)20/h2-9,16-18H,1H3,(H2,15,19,20). The second-order valence-corrected chi connectivity index (χ2v) is 6.24. The number of phenols is 2. The lowest BCUT2D eigenvalue weighted by Gasteiger charge is -2.17. The third kappa shape index (κ3) is 3.65. The molecule has 0 saturated carbocycles. The zero-order valence-electron chi connectivity index (χ0n) is 11.3. The summed E-state index contributed by atoms with van der Waals surface area (Å²) >= 11 is 0. The maximum absolute atomic E-state index is 11.3. The summed E-state index contributed by atoms with van der Waals surface area (Å²) in [4.78, 5) is 0.00891. The molecule has 112 valence electrons. The Morgan fingerprint density at radius 3 is 2.48 bits per heavy atom. The van der Waals surface area contributed by atoms with Crippen LogP contribution in [0.5, 0.6) is 11.5 Å². The van der Waals surface area contributed by atoms with Crippen molar-refractivity contribution in [1.82, 2.24) is 0 Å². The SMILES string of the molecule is CC(Nc1cccc(S(N)(=O)=O)c1)c1ccc(O)cc1O. The van der Waals surface area contributed by atoms with Gasteiger partial charge in [-0.3, -0.25) is 0 Å². The highest BCUT2D eigenvalue weighted by Gasteiger charge is 2.13. The molecule has 0 aromatic heterocycles. The second-order valence-electron chi connectivity index (χ2n) is 4.68. The summed E-state index contributed by atoms with van der Waals surface area (Å²) in [5, 5.41) is 27.2. The summed E-state index contributed by atoms with van der Waals surface area (Å²) in [6, 6.07) is 10.1. The highest BCUT2D eigenvalue weighted by molar-refractivity contribution is 7.89. The van der Waals surface area contributed by atoms with E-state index in [4.69, 9.17) is 5.14 Å². The molecule has 0 aliphatic rings. The first-order valence-corrected chi connectivity index (χ1v) is 7.73. The summed E-state index contributed by atoms with van der Waals surface area (Å²) in [5.74, 6) is -0.0720. The van der Waals surface area contributed by atoms with Crippen LogP contribution in [0.4, 0.5) is 5.69 Å². The molecule has 1 atom stereocenters. The molecule has 21 heavy (non-hydrogen) atoms. The first-order valence-electron chi connectivity index (χ1n) is 6.18. The molecule has 5 N–H and O–H groups in total. The maximum atomic E-state index is 11.3. The normalized spacial score (nSPS) is 12.9. The van der Waals surface area contributed by atoms with Gasteiger partial charge in [0.05, 0.1) is 10.9 Å². The van der Waals surface area contributed by atoms with Gasteiger partial charge in [-0.25, -0.2) is 13.6 Å². The average Bonchev–Trinajstić information content (AvgIpc) is 2.37. The molecule has 0 amide bonds. The van der Waals surface area contributed by atoms with E-state index in [1.807, 2.05) is 0 Å². The lowest BCUT2D eigenvalue weighted by molar-refractivity contribution is 0.444. The predicted molar refractivity (Wildman–Crippen MR) is 79.6 cm³/mol. The number of hydrogen-bond donors (Lipinski definition) is 4. The minimum Gasteiger partial charge on any atom is -0.508 e. The number of anilines is 1. The van der Waals surface area contributed by atoms with Crippen LogP contribution in [0, 0.1) is 0 Å². The number of nitrogens with two attached hydrogens (primary N) is 1. The van der Waals surface area contributed by atoms with E-state index in [-0.39, 0.29) is 22.4 Å². The Hall–Kier alpha value is -2.25. The molecule has 0 fully saturated rings. The Labute approximate surface area is 122 Å². The van der Waals surface area contributed by atoms with Crippen LogP contribution in [-0.4, -0.2) is 18.6 Å². The van der Waals surface area contributed by atoms with Crippen molar-refractivity contribution in [2.24, 2.45) is 5.14 Å². The van der Waals surface area contributed by atoms with Crippen molar-refractivity contribution in [3.63, 3.8) is 0 Å². The Kier molecular flexibility index (Phi) is 4.06. The van der Waals surface area contributed by atoms with Crippen LogP contribution in [0.15, 0.2) is 47.4 Å². The lowest BCUT2D eigenvalue weighted by Crippen LogP contribution is -2.13. The van der Waals surface area contributed by atoms with Crippen molar-refractivity contribution in [2.75, 3.05) is 5.32 Å². The smallest absolute Gasteiger partial charge is 0.238 e. The van der Waals surface area contributed by atoms with Crippen LogP contribution in [0.3, 0.4) is 0 Å². The zero-order valence-corrected chi connectivity index (χ0v) is 12.1. The van der Waals surface area contributed by atoms with Gasteiger partial charge in [-0.2, -0.15) is 0 Å². The Morgan fingerprint density at radius 1 is 1.14 bits per heavy atom. The molecule has 2 rings (SSSR count). The molecule has 0 aliphatic heterocycles. The number of rotatable bonds is 4. The molecule has 0 bridgehead atoms. The van der Waals surface area contributed by atoms with Gasteiger partial charge in [-0.15, -0.1) is 0 Å². The monoisotopic (exact) mass is 308 g/mol. The van der Waals surface area contributed by atoms with Gasteiger partial charge in [-0.05, 0) is 37.3 Å². The Bertz CT molecular complexity index is 759. The van der Waals surface area contributed by atoms with Crippen molar-refractivity contribution in [3.8, 4) is 11.5 Å². The van der Waals surface area contributed by atoms with Crippen molar-refractivity contribution in [1.29, 1.82) is 0 Å². The zero-order chi connectivity index (χ0) is 15.6. The van der Waals surface area contributed by atoms with Gasteiger partial charge in [0, 0.05) is 17.3 Å². The quantitative estimate of drug-likeness (QED) is 0.689. The molecular formula is C14H16N2O4S. The molecule has 1 unspecified atom stereocenters. The van der Waals surface area contributed by atoms with E-state index in [0.717, 1.165) is 0 Å². The first-order chi connectivity index (χ1) is 9.77. The molecule has 7 heteroatoms. The molecule has 0 spiro atoms. The van der Waals surface area contributed by atoms with Gasteiger partial charge in [0.15, 0.2) is 0 Å². The predicted octanol–water partition coefficient (Wildman–Crippen LogP) is 1.92. The van der Waals surface area contributed by atoms with Crippen molar-refractivity contribution in [2.45, 2.75) is 17.9 Å². The number of primary sulfonamides is 1. The molecule has 2 aromatic rings. The van der Waals surface area contributed by atoms with Gasteiger partial charge < -0.3 is 15.5 Å². The van der Waals surface area contributed by atoms with Crippen LogP contribution in [0.1, 0.15) is 18.5 Å². The van der Waals surface area contributed by atoms with E-state index in [1.165, 1.54) is 24.3 Å². The summed E-state index contributed by atoms with van der Waals surface area (Å²) < 4.78 is 22.6. The van der Waals surface area contributed by atoms with E-state index >= 15 is 0 Å². The van der Waals surface area contributed by atoms with Crippen molar-refractivity contribution >= 4 is 15.7 Å². The third-order valence-corrected chi connectivity index (χ3v) is 3.94. The minimum atomic E-state index is -3.76. The highest BCUT2D eigenvalue weighted by Crippen LogP contribution is 2.30. The number of sulfonamides is 1. The fraction of sp³-hybridized carbons (Fsp3) is 0.143. The molecule has 0 radical (unpaired) electrons. The van der Waals surface area contributed by atoms with Crippen LogP contribution in [-0.2, 0) is 10.0 Å². The van der Waals surface area contributed by atoms with E-state index in [0.29, 0.717) is 11.3 Å². The van der Waals surface area contributed by atoms with E-state index in [1.54, 1.807) is 25.1 Å². The van der Waals surface area contributed by atoms with Gasteiger partial charge in [0.25, 0.3) is 0 Å². The number of benzene rings is 2. The third-order valence-electron chi connectivity index (χ3n) is 3.03. The summed E-state index contributed by atoms with van der Waals surface area (Å²) in [6.45, 7) is 1.80. The van der Waals surface area contributed by atoms with E-state index in [9.17, 15) is 18.6 Å². The van der Waals surface area contributed by atoms with Gasteiger partial charge in [0.2, 0.25) is 10.0 Å². The molecule has 2 aromatic carbocycles. The molecule has 6 nitrogen and oxygen atoms in total. The van der Waals surface area contributed by atoms with Crippen LogP contribution in [0.2, 0.25) is 0 Å². The summed E-state index contributed by atoms with van der Waals surface area (Å²) in [6.07, 6.45) is 0. The van der Waals surface area contributed by atoms with Gasteiger partial charge in [-0.1, -0.05) is 6.07 Å². The maximum Gasteiger partial charge on any atom is 0.238 e. The number of hydrogen-bond acceptors (Lipinski definition) is 5. The van der Waals surface area contributed by atoms with Crippen LogP contribution >= 0.6 is 0 Å². The molecular weight excluding hydrogens is 292 g/mol. The highest BCUT2D eigenvalue weighted by atomic mass is 32.2. The van der Waals surface area contributed by atoms with E-state index < -0.39 is 10.0 Å². The minimum absolute atomic E-state index is 0.00891. The summed E-state index contributed by atoms with van der Waals surface area (Å²) in [7, 11) is -3.76. The first kappa shape index (κ1) is 15.1. The fourth-order valence-electron chi connectivity index (χ4n) is 1.99. The fourth-order valence-corrected chi connectivity index (χ4v) is 2.55. The second kappa shape index (κ2) is 5.63. The molecule has 0 aliphatic carbocycles. The molecule has 0 saturated heterocycles. The molecule has 0 heterocycles. The van der Waals surface area contributed by atoms with Crippen molar-refractivity contribution in [3.05, 3.63) is 48.0 Å². The lowest BCUT2D eigenvalue weighted by atomic mass is 10.1. The number of nitrogens with one attached hydrogen (secondary N) is 1. The van der Waals surface area contributed by atoms with Gasteiger partial charge >= 0.3 is 0 Å². The number of aromatic hydroxyl groups is 2. The Morgan fingerprint density at radius 2 is 1.86 bits per heavy atom. The topological polar surface area (TPSA) is 113 Å². The number of phenolic OH excluding ortho intramolecular Hbond substituents is 2. The van der Waals surface area contributed by atoms with Crippen LogP contribution < -0.4 is 10.5 Å². The largest absolute Gasteiger partial charge is 0.508 e.